The maximum atomic E-state index is 12.8. The van der Waals surface area contributed by atoms with Crippen LogP contribution in [0.3, 0.4) is 0 Å². The van der Waals surface area contributed by atoms with Crippen molar-refractivity contribution in [3.05, 3.63) is 40.9 Å². The van der Waals surface area contributed by atoms with Gasteiger partial charge in [-0.3, -0.25) is 4.79 Å². The number of hydrogen-bond acceptors (Lipinski definition) is 5. The topological polar surface area (TPSA) is 68.5 Å². The second-order valence-corrected chi connectivity index (χ2v) is 6.59. The first-order chi connectivity index (χ1) is 11.7. The Balaban J connectivity index is 1.42. The van der Waals surface area contributed by atoms with Crippen molar-refractivity contribution < 1.29 is 14.1 Å². The second-order valence-electron chi connectivity index (χ2n) is 6.59. The van der Waals surface area contributed by atoms with Gasteiger partial charge in [-0.15, -0.1) is 0 Å². The van der Waals surface area contributed by atoms with Gasteiger partial charge in [0, 0.05) is 37.2 Å². The molecule has 0 aromatic carbocycles. The molecule has 4 rings (SSSR count). The van der Waals surface area contributed by atoms with Crippen LogP contribution < -0.4 is 4.74 Å². The molecule has 0 saturated carbocycles. The minimum absolute atomic E-state index is 0.0214. The van der Waals surface area contributed by atoms with E-state index in [1.165, 1.54) is 0 Å². The van der Waals surface area contributed by atoms with E-state index in [2.05, 4.69) is 10.1 Å². The number of carbonyl (C=O) groups excluding carboxylic acids is 1. The molecule has 6 nitrogen and oxygen atoms in total. The molecule has 1 amide bonds. The maximum absolute atomic E-state index is 12.8. The van der Waals surface area contributed by atoms with Gasteiger partial charge in [-0.2, -0.15) is 0 Å². The number of ether oxygens (including phenoxy) is 1. The van der Waals surface area contributed by atoms with Gasteiger partial charge in [0.15, 0.2) is 5.69 Å². The molecule has 6 heteroatoms. The van der Waals surface area contributed by atoms with Crippen molar-refractivity contribution in [1.82, 2.24) is 15.0 Å². The average molecular weight is 327 g/mol. The van der Waals surface area contributed by atoms with Crippen molar-refractivity contribution in [2.24, 2.45) is 0 Å². The van der Waals surface area contributed by atoms with E-state index in [0.717, 1.165) is 49.0 Å². The minimum Gasteiger partial charge on any atom is -0.472 e. The molecule has 1 atom stereocenters. The second kappa shape index (κ2) is 6.26. The van der Waals surface area contributed by atoms with Crippen molar-refractivity contribution in [3.63, 3.8) is 0 Å². The summed E-state index contributed by atoms with van der Waals surface area (Å²) in [4.78, 5) is 18.8. The first-order valence-electron chi connectivity index (χ1n) is 8.57. The van der Waals surface area contributed by atoms with Gasteiger partial charge >= 0.3 is 0 Å². The van der Waals surface area contributed by atoms with Crippen LogP contribution in [0.2, 0.25) is 0 Å². The van der Waals surface area contributed by atoms with Crippen LogP contribution in [0, 0.1) is 6.92 Å². The highest BCUT2D eigenvalue weighted by molar-refractivity contribution is 5.94. The lowest BCUT2D eigenvalue weighted by Crippen LogP contribution is -2.32. The Kier molecular flexibility index (Phi) is 3.96. The van der Waals surface area contributed by atoms with E-state index in [0.29, 0.717) is 24.7 Å². The molecular formula is C18H21N3O3. The van der Waals surface area contributed by atoms with Gasteiger partial charge in [-0.05, 0) is 31.7 Å². The highest BCUT2D eigenvalue weighted by Crippen LogP contribution is 2.26. The van der Waals surface area contributed by atoms with E-state index in [-0.39, 0.29) is 12.0 Å². The number of likely N-dealkylation sites (tertiary alicyclic amines) is 1. The number of fused-ring (bicyclic) bond motifs is 1. The van der Waals surface area contributed by atoms with Crippen molar-refractivity contribution >= 4 is 5.91 Å². The molecule has 2 aromatic rings. The van der Waals surface area contributed by atoms with Gasteiger partial charge in [-0.25, -0.2) is 4.98 Å². The van der Waals surface area contributed by atoms with Crippen LogP contribution in [-0.2, 0) is 12.8 Å². The number of nitrogens with zero attached hydrogens (tertiary/aromatic N) is 3. The first kappa shape index (κ1) is 15.2. The molecule has 1 saturated heterocycles. The summed E-state index contributed by atoms with van der Waals surface area (Å²) >= 11 is 0. The lowest BCUT2D eigenvalue weighted by molar-refractivity contribution is 0.0760. The van der Waals surface area contributed by atoms with Crippen molar-refractivity contribution in [2.75, 3.05) is 13.1 Å². The molecule has 0 unspecified atom stereocenters. The third-order valence-corrected chi connectivity index (χ3v) is 4.76. The van der Waals surface area contributed by atoms with Gasteiger partial charge in [0.05, 0.1) is 6.54 Å². The average Bonchev–Trinajstić information content (AvgIpc) is 3.23. The Morgan fingerprint density at radius 2 is 2.21 bits per heavy atom. The third-order valence-electron chi connectivity index (χ3n) is 4.76. The maximum Gasteiger partial charge on any atom is 0.276 e. The largest absolute Gasteiger partial charge is 0.472 e. The molecule has 2 aromatic heterocycles. The van der Waals surface area contributed by atoms with Crippen LogP contribution in [0.15, 0.2) is 22.9 Å². The van der Waals surface area contributed by atoms with Crippen molar-refractivity contribution in [2.45, 2.75) is 45.1 Å². The van der Waals surface area contributed by atoms with Crippen molar-refractivity contribution in [3.8, 4) is 5.88 Å². The predicted molar refractivity (Wildman–Crippen MR) is 87.1 cm³/mol. The Labute approximate surface area is 140 Å². The summed E-state index contributed by atoms with van der Waals surface area (Å²) in [5, 5.41) is 4.04. The molecule has 0 spiro atoms. The van der Waals surface area contributed by atoms with E-state index in [1.807, 2.05) is 24.0 Å². The Hall–Kier alpha value is -2.37. The number of pyridine rings is 1. The molecule has 0 N–H and O–H groups in total. The van der Waals surface area contributed by atoms with Crippen molar-refractivity contribution in [1.29, 1.82) is 0 Å². The Bertz CT molecular complexity index is 738. The zero-order chi connectivity index (χ0) is 16.5. The number of amides is 1. The minimum atomic E-state index is -0.0372. The van der Waals surface area contributed by atoms with E-state index in [1.54, 1.807) is 6.20 Å². The van der Waals surface area contributed by atoms with Crippen LogP contribution in [0.5, 0.6) is 5.88 Å². The third kappa shape index (κ3) is 2.88. The quantitative estimate of drug-likeness (QED) is 0.866. The predicted octanol–water partition coefficient (Wildman–Crippen LogP) is 2.55. The number of rotatable bonds is 3. The van der Waals surface area contributed by atoms with E-state index < -0.39 is 0 Å². The summed E-state index contributed by atoms with van der Waals surface area (Å²) in [5.74, 6) is 1.46. The highest BCUT2D eigenvalue weighted by Gasteiger charge is 2.33. The normalized spacial score (nSPS) is 20.0. The number of carbonyl (C=O) groups is 1. The van der Waals surface area contributed by atoms with Crippen LogP contribution >= 0.6 is 0 Å². The van der Waals surface area contributed by atoms with Gasteiger partial charge in [-0.1, -0.05) is 11.2 Å². The molecule has 1 aliphatic carbocycles. The number of aryl methyl sites for hydroxylation is 2. The fourth-order valence-corrected chi connectivity index (χ4v) is 3.41. The molecule has 1 fully saturated rings. The smallest absolute Gasteiger partial charge is 0.276 e. The summed E-state index contributed by atoms with van der Waals surface area (Å²) < 4.78 is 11.3. The monoisotopic (exact) mass is 327 g/mol. The van der Waals surface area contributed by atoms with Gasteiger partial charge in [0.25, 0.3) is 5.91 Å². The standard InChI is InChI=1S/C18H21N3O3/c1-12-6-7-16(19-10-12)23-13-8-9-21(11-13)18(22)17-14-4-2-3-5-15(14)24-20-17/h6-7,10,13H,2-5,8-9,11H2,1H3/t13-/m0/s1. The van der Waals surface area contributed by atoms with Crippen LogP contribution in [-0.4, -0.2) is 40.1 Å². The molecule has 2 aliphatic rings. The number of hydrogen-bond donors (Lipinski definition) is 0. The molecule has 126 valence electrons. The molecule has 3 heterocycles. The van der Waals surface area contributed by atoms with Crippen LogP contribution in [0.4, 0.5) is 0 Å². The SMILES string of the molecule is Cc1ccc(O[C@H]2CCN(C(=O)c3noc4c3CCCC4)C2)nc1. The highest BCUT2D eigenvalue weighted by atomic mass is 16.5. The molecular weight excluding hydrogens is 306 g/mol. The molecule has 0 radical (unpaired) electrons. The lowest BCUT2D eigenvalue weighted by Gasteiger charge is -2.17. The summed E-state index contributed by atoms with van der Waals surface area (Å²) in [7, 11) is 0. The van der Waals surface area contributed by atoms with E-state index in [4.69, 9.17) is 9.26 Å². The Morgan fingerprint density at radius 3 is 3.04 bits per heavy atom. The summed E-state index contributed by atoms with van der Waals surface area (Å²) in [5.41, 5.74) is 2.61. The summed E-state index contributed by atoms with van der Waals surface area (Å²) in [6.07, 6.45) is 6.56. The zero-order valence-electron chi connectivity index (χ0n) is 13.8. The summed E-state index contributed by atoms with van der Waals surface area (Å²) in [6.45, 7) is 3.23. The zero-order valence-corrected chi connectivity index (χ0v) is 13.8. The van der Waals surface area contributed by atoms with E-state index in [9.17, 15) is 4.79 Å². The van der Waals surface area contributed by atoms with Crippen LogP contribution in [0.1, 0.15) is 46.6 Å². The fraction of sp³-hybridized carbons (Fsp3) is 0.500. The fourth-order valence-electron chi connectivity index (χ4n) is 3.41. The summed E-state index contributed by atoms with van der Waals surface area (Å²) in [6, 6.07) is 3.84. The number of aromatic nitrogens is 2. The van der Waals surface area contributed by atoms with Gasteiger partial charge in [0.1, 0.15) is 11.9 Å². The van der Waals surface area contributed by atoms with Crippen LogP contribution in [0.25, 0.3) is 0 Å². The Morgan fingerprint density at radius 1 is 1.33 bits per heavy atom. The first-order valence-corrected chi connectivity index (χ1v) is 8.57. The van der Waals surface area contributed by atoms with E-state index >= 15 is 0 Å². The van der Waals surface area contributed by atoms with Gasteiger partial charge < -0.3 is 14.2 Å². The molecule has 1 aliphatic heterocycles. The molecule has 0 bridgehead atoms. The van der Waals surface area contributed by atoms with Gasteiger partial charge in [0.2, 0.25) is 5.88 Å². The lowest BCUT2D eigenvalue weighted by atomic mass is 9.96. The molecule has 24 heavy (non-hydrogen) atoms.